The lowest BCUT2D eigenvalue weighted by Crippen LogP contribution is -2.32. The Balaban J connectivity index is 1.97. The smallest absolute Gasteiger partial charge is 0.280 e. The first-order valence-electron chi connectivity index (χ1n) is 7.70. The average molecular weight is 390 g/mol. The molecule has 5 N–H and O–H groups in total. The third-order valence-electron chi connectivity index (χ3n) is 4.14. The molecule has 0 spiro atoms. The molecular weight excluding hydrogens is 369 g/mol. The summed E-state index contributed by atoms with van der Waals surface area (Å²) >= 11 is 6.12. The molecule has 1 saturated heterocycles. The zero-order valence-corrected chi connectivity index (χ0v) is 15.5. The van der Waals surface area contributed by atoms with Crippen LogP contribution in [0.3, 0.4) is 0 Å². The molecule has 4 atom stereocenters. The van der Waals surface area contributed by atoms with Crippen LogP contribution in [0.15, 0.2) is 4.79 Å². The maximum Gasteiger partial charge on any atom is 0.280 e. The summed E-state index contributed by atoms with van der Waals surface area (Å²) in [4.78, 5) is 22.3. The van der Waals surface area contributed by atoms with Crippen LogP contribution >= 0.6 is 18.5 Å². The van der Waals surface area contributed by atoms with Gasteiger partial charge in [0, 0.05) is 0 Å². The molecule has 11 heteroatoms. The number of nitrogens with zero attached hydrogens (tertiary/aromatic N) is 3. The number of nitrogens with one attached hydrogen (secondary N) is 1. The fourth-order valence-corrected chi connectivity index (χ4v) is 4.07. The van der Waals surface area contributed by atoms with Gasteiger partial charge in [0.05, 0.1) is 6.10 Å². The van der Waals surface area contributed by atoms with Crippen molar-refractivity contribution in [2.45, 2.75) is 31.0 Å². The molecule has 0 saturated carbocycles. The van der Waals surface area contributed by atoms with Gasteiger partial charge in [-0.3, -0.25) is 14.3 Å². The van der Waals surface area contributed by atoms with Crippen molar-refractivity contribution in [3.63, 3.8) is 0 Å². The topological polar surface area (TPSA) is 139 Å². The Morgan fingerprint density at radius 3 is 2.72 bits per heavy atom. The van der Waals surface area contributed by atoms with Gasteiger partial charge in [-0.2, -0.15) is 4.98 Å². The van der Waals surface area contributed by atoms with Crippen molar-refractivity contribution in [2.75, 3.05) is 25.2 Å². The molecular formula is C14H21ClN5O4P. The molecule has 0 bridgehead atoms. The fraction of sp³-hybridized carbons (Fsp3) is 0.571. The van der Waals surface area contributed by atoms with Crippen LogP contribution in [-0.4, -0.2) is 73.8 Å². The predicted octanol–water partition coefficient (Wildman–Crippen LogP) is 0.0737. The third-order valence-corrected chi connectivity index (χ3v) is 5.87. The van der Waals surface area contributed by atoms with E-state index in [9.17, 15) is 15.0 Å². The van der Waals surface area contributed by atoms with Gasteiger partial charge < -0.3 is 20.7 Å². The first-order valence-corrected chi connectivity index (χ1v) is 11.1. The number of aromatic nitrogens is 4. The molecule has 0 amide bonds. The molecule has 25 heavy (non-hydrogen) atoms. The molecule has 0 aromatic carbocycles. The zero-order valence-electron chi connectivity index (χ0n) is 13.9. The Morgan fingerprint density at radius 1 is 1.40 bits per heavy atom. The number of fused-ring (bicyclic) bond motifs is 1. The van der Waals surface area contributed by atoms with E-state index >= 15 is 0 Å². The van der Waals surface area contributed by atoms with Gasteiger partial charge >= 0.3 is 0 Å². The number of aromatic amines is 1. The summed E-state index contributed by atoms with van der Waals surface area (Å²) in [5.41, 5.74) is 5.11. The molecule has 1 fully saturated rings. The number of halogens is 1. The molecule has 0 unspecified atom stereocenters. The van der Waals surface area contributed by atoms with Crippen molar-refractivity contribution in [2.24, 2.45) is 0 Å². The summed E-state index contributed by atoms with van der Waals surface area (Å²) in [7, 11) is 0. The lowest BCUT2D eigenvalue weighted by atomic mass is 10.1. The molecule has 0 aliphatic carbocycles. The van der Waals surface area contributed by atoms with Gasteiger partial charge in [-0.1, -0.05) is 0 Å². The number of imidazole rings is 1. The van der Waals surface area contributed by atoms with Crippen LogP contribution in [0.1, 0.15) is 12.6 Å². The van der Waals surface area contributed by atoms with Gasteiger partial charge in [-0.25, -0.2) is 4.98 Å². The largest absolute Gasteiger partial charge is 0.388 e. The van der Waals surface area contributed by atoms with Crippen molar-refractivity contribution < 1.29 is 14.9 Å². The van der Waals surface area contributed by atoms with E-state index in [1.165, 1.54) is 4.57 Å². The first-order chi connectivity index (χ1) is 11.6. The van der Waals surface area contributed by atoms with E-state index in [1.807, 2.05) is 0 Å². The summed E-state index contributed by atoms with van der Waals surface area (Å²) in [6, 6.07) is 0. The predicted molar refractivity (Wildman–Crippen MR) is 98.9 cm³/mol. The number of nitrogens with two attached hydrogens (primary N) is 1. The van der Waals surface area contributed by atoms with Crippen molar-refractivity contribution in [1.82, 2.24) is 19.5 Å². The van der Waals surface area contributed by atoms with E-state index < -0.39 is 37.0 Å². The van der Waals surface area contributed by atoms with Crippen molar-refractivity contribution in [3.8, 4) is 0 Å². The number of nitrogen functional groups attached to an aromatic ring is 1. The van der Waals surface area contributed by atoms with E-state index in [0.29, 0.717) is 6.42 Å². The molecule has 3 rings (SSSR count). The number of rotatable bonds is 4. The molecule has 0 radical (unpaired) electrons. The molecule has 2 aromatic heterocycles. The van der Waals surface area contributed by atoms with Crippen molar-refractivity contribution in [1.29, 1.82) is 0 Å². The van der Waals surface area contributed by atoms with E-state index in [4.69, 9.17) is 22.1 Å². The second-order valence-electron chi connectivity index (χ2n) is 6.87. The minimum absolute atomic E-state index is 0.0160. The van der Waals surface area contributed by atoms with E-state index in [0.717, 1.165) is 6.16 Å². The summed E-state index contributed by atoms with van der Waals surface area (Å²) in [6.07, 6.45) is 1.56. The number of aliphatic hydroxyl groups excluding tert-OH is 2. The van der Waals surface area contributed by atoms with Crippen LogP contribution in [-0.2, 0) is 4.74 Å². The first kappa shape index (κ1) is 18.4. The fourth-order valence-electron chi connectivity index (χ4n) is 2.86. The van der Waals surface area contributed by atoms with Crippen LogP contribution in [0.4, 0.5) is 5.95 Å². The Kier molecular flexibility index (Phi) is 4.72. The van der Waals surface area contributed by atoms with Gasteiger partial charge in [0.2, 0.25) is 11.2 Å². The van der Waals surface area contributed by atoms with Crippen molar-refractivity contribution >= 4 is 41.9 Å². The van der Waals surface area contributed by atoms with Gasteiger partial charge in [-0.05, 0) is 37.5 Å². The number of anilines is 1. The second kappa shape index (κ2) is 6.41. The van der Waals surface area contributed by atoms with Gasteiger partial charge in [0.25, 0.3) is 5.56 Å². The second-order valence-corrected chi connectivity index (χ2v) is 11.5. The lowest BCUT2D eigenvalue weighted by Gasteiger charge is -2.19. The van der Waals surface area contributed by atoms with Crippen LogP contribution in [0, 0.1) is 0 Å². The summed E-state index contributed by atoms with van der Waals surface area (Å²) in [6.45, 7) is 2.87. The third kappa shape index (κ3) is 3.47. The molecule has 138 valence electrons. The van der Waals surface area contributed by atoms with Crippen LogP contribution in [0.5, 0.6) is 0 Å². The minimum atomic E-state index is -1.30. The molecule has 9 nitrogen and oxygen atoms in total. The average Bonchev–Trinajstić information content (AvgIpc) is 2.95. The number of H-pyrrole nitrogens is 1. The summed E-state index contributed by atoms with van der Waals surface area (Å²) in [5.74, 6) is -0.108. The Hall–Kier alpha value is -1.38. The van der Waals surface area contributed by atoms with E-state index in [2.05, 4.69) is 34.6 Å². The number of hydrogen-bond donors (Lipinski definition) is 4. The molecule has 2 aromatic rings. The highest BCUT2D eigenvalue weighted by molar-refractivity contribution is 7.72. The number of hydrogen-bond acceptors (Lipinski definition) is 7. The minimum Gasteiger partial charge on any atom is -0.388 e. The maximum absolute atomic E-state index is 11.9. The molecule has 3 heterocycles. The SMILES string of the molecule is C=P(C)(C)CC[C@H]1O[C@@H](n2c(Cl)nc3c(=O)[nH]c(N)nc32)[C@H](O)[C@@H]1O. The monoisotopic (exact) mass is 389 g/mol. The normalized spacial score (nSPS) is 27.2. The standard InChI is InChI=1S/C14H21ClN5O4P/c1-25(2,3)5-4-6-8(21)9(22)12(24-6)20-10-7(17-13(20)15)11(23)19-14(16)18-10/h6,8-9,12,21-22H,1,4-5H2,2-3H3,(H3,16,18,19,23)/t6-,8-,9-,12-/m1/s1. The zero-order chi connectivity index (χ0) is 18.5. The number of aliphatic hydroxyl groups is 2. The van der Waals surface area contributed by atoms with Crippen LogP contribution in [0.2, 0.25) is 5.28 Å². The number of ether oxygens (including phenoxy) is 1. The van der Waals surface area contributed by atoms with E-state index in [-0.39, 0.29) is 22.4 Å². The molecule has 1 aliphatic rings. The Morgan fingerprint density at radius 2 is 2.08 bits per heavy atom. The van der Waals surface area contributed by atoms with Gasteiger partial charge in [-0.15, -0.1) is 13.2 Å². The highest BCUT2D eigenvalue weighted by Crippen LogP contribution is 2.40. The van der Waals surface area contributed by atoms with Crippen molar-refractivity contribution in [3.05, 3.63) is 15.6 Å². The highest BCUT2D eigenvalue weighted by Gasteiger charge is 2.45. The molecule has 1 aliphatic heterocycles. The van der Waals surface area contributed by atoms with Crippen LogP contribution in [0.25, 0.3) is 11.2 Å². The van der Waals surface area contributed by atoms with Gasteiger partial charge in [0.15, 0.2) is 17.4 Å². The lowest BCUT2D eigenvalue weighted by molar-refractivity contribution is -0.0351. The highest BCUT2D eigenvalue weighted by atomic mass is 35.5. The summed E-state index contributed by atoms with van der Waals surface area (Å²) in [5, 5.41) is 20.7. The van der Waals surface area contributed by atoms with Crippen LogP contribution < -0.4 is 11.3 Å². The van der Waals surface area contributed by atoms with Gasteiger partial charge in [0.1, 0.15) is 12.2 Å². The Labute approximate surface area is 148 Å². The quantitative estimate of drug-likeness (QED) is 0.428. The Bertz CT molecular complexity index is 906. The van der Waals surface area contributed by atoms with E-state index in [1.54, 1.807) is 0 Å². The summed E-state index contributed by atoms with van der Waals surface area (Å²) < 4.78 is 7.11. The maximum atomic E-state index is 11.9.